The molecular weight excluding hydrogens is 376 g/mol. The zero-order valence-corrected chi connectivity index (χ0v) is 16.4. The van der Waals surface area contributed by atoms with Gasteiger partial charge in [0.25, 0.3) is 0 Å². The summed E-state index contributed by atoms with van der Waals surface area (Å²) in [5.74, 6) is 0. The highest BCUT2D eigenvalue weighted by molar-refractivity contribution is 6.23. The third kappa shape index (κ3) is 2.20. The lowest BCUT2D eigenvalue weighted by Gasteiger charge is -2.10. The number of fused-ring (bicyclic) bond motifs is 7. The van der Waals surface area contributed by atoms with E-state index in [0.29, 0.717) is 22.2 Å². The average molecular weight is 392 g/mol. The number of nitrogens with zero attached hydrogens (tertiary/aromatic N) is 2. The number of aryl methyl sites for hydroxylation is 2. The molecule has 5 heteroatoms. The van der Waals surface area contributed by atoms with Crippen molar-refractivity contribution >= 4 is 43.8 Å². The van der Waals surface area contributed by atoms with E-state index in [1.165, 1.54) is 0 Å². The number of pyridine rings is 2. The number of benzene rings is 2. The third-order valence-corrected chi connectivity index (χ3v) is 5.79. The highest BCUT2D eigenvalue weighted by Crippen LogP contribution is 2.39. The highest BCUT2D eigenvalue weighted by Gasteiger charge is 2.22. The van der Waals surface area contributed by atoms with E-state index >= 15 is 0 Å². The van der Waals surface area contributed by atoms with E-state index in [4.69, 9.17) is 13.8 Å². The van der Waals surface area contributed by atoms with E-state index in [-0.39, 0.29) is 0 Å². The summed E-state index contributed by atoms with van der Waals surface area (Å²) in [5.41, 5.74) is 5.51. The SMILES string of the molecule is Cc1ccc2c(oc(=O)c3c(-c4cccnc4)nc4c5ccccc5oc4c32)c1C. The number of furan rings is 1. The van der Waals surface area contributed by atoms with Crippen LogP contribution in [0.25, 0.3) is 55.1 Å². The molecule has 0 aliphatic rings. The van der Waals surface area contributed by atoms with Crippen LogP contribution in [0.15, 0.2) is 74.6 Å². The van der Waals surface area contributed by atoms with Gasteiger partial charge in [-0.3, -0.25) is 4.98 Å². The van der Waals surface area contributed by atoms with E-state index in [9.17, 15) is 4.79 Å². The van der Waals surface area contributed by atoms with Gasteiger partial charge in [0.05, 0.1) is 11.1 Å². The van der Waals surface area contributed by atoms with E-state index in [1.807, 2.05) is 62.4 Å². The molecule has 0 aliphatic carbocycles. The maximum atomic E-state index is 13.2. The molecule has 0 atom stereocenters. The standard InChI is InChI=1S/C25H16N2O3/c1-13-9-10-17-19-20(25(28)30-23(17)14(13)2)21(15-6-5-11-26-12-15)27-22-16-7-3-4-8-18(16)29-24(19)22/h3-12H,1-2H3. The highest BCUT2D eigenvalue weighted by atomic mass is 16.4. The molecule has 0 fully saturated rings. The number of hydrogen-bond acceptors (Lipinski definition) is 5. The first-order valence-electron chi connectivity index (χ1n) is 9.72. The molecule has 0 aliphatic heterocycles. The van der Waals surface area contributed by atoms with Gasteiger partial charge in [-0.05, 0) is 49.2 Å². The predicted molar refractivity (Wildman–Crippen MR) is 118 cm³/mol. The third-order valence-electron chi connectivity index (χ3n) is 5.79. The molecule has 0 saturated carbocycles. The summed E-state index contributed by atoms with van der Waals surface area (Å²) in [4.78, 5) is 22.3. The van der Waals surface area contributed by atoms with E-state index in [2.05, 4.69) is 4.98 Å². The van der Waals surface area contributed by atoms with Crippen molar-refractivity contribution < 1.29 is 8.83 Å². The molecular formula is C25H16N2O3. The summed E-state index contributed by atoms with van der Waals surface area (Å²) in [7, 11) is 0. The van der Waals surface area contributed by atoms with Gasteiger partial charge in [-0.25, -0.2) is 9.78 Å². The summed E-state index contributed by atoms with van der Waals surface area (Å²) >= 11 is 0. The van der Waals surface area contributed by atoms with Gasteiger partial charge in [0, 0.05) is 34.1 Å². The quantitative estimate of drug-likeness (QED) is 0.257. The van der Waals surface area contributed by atoms with Crippen molar-refractivity contribution in [2.45, 2.75) is 13.8 Å². The molecule has 144 valence electrons. The summed E-state index contributed by atoms with van der Waals surface area (Å²) in [6.07, 6.45) is 3.40. The molecule has 4 aromatic heterocycles. The molecule has 30 heavy (non-hydrogen) atoms. The fraction of sp³-hybridized carbons (Fsp3) is 0.0800. The number of hydrogen-bond donors (Lipinski definition) is 0. The predicted octanol–water partition coefficient (Wildman–Crippen LogP) is 5.92. The second kappa shape index (κ2) is 6.00. The maximum Gasteiger partial charge on any atom is 0.346 e. The zero-order valence-electron chi connectivity index (χ0n) is 16.4. The molecule has 5 nitrogen and oxygen atoms in total. The Kier molecular flexibility index (Phi) is 3.39. The lowest BCUT2D eigenvalue weighted by Crippen LogP contribution is -2.05. The lowest BCUT2D eigenvalue weighted by atomic mass is 9.99. The summed E-state index contributed by atoms with van der Waals surface area (Å²) in [6.45, 7) is 3.97. The van der Waals surface area contributed by atoms with E-state index in [1.54, 1.807) is 12.4 Å². The van der Waals surface area contributed by atoms with Gasteiger partial charge in [-0.2, -0.15) is 0 Å². The normalized spacial score (nSPS) is 11.8. The average Bonchev–Trinajstić information content (AvgIpc) is 3.15. The topological polar surface area (TPSA) is 69.1 Å². The first kappa shape index (κ1) is 16.9. The molecule has 0 N–H and O–H groups in total. The fourth-order valence-corrected chi connectivity index (χ4v) is 4.14. The van der Waals surface area contributed by atoms with Crippen LogP contribution in [-0.4, -0.2) is 9.97 Å². The van der Waals surface area contributed by atoms with E-state index in [0.717, 1.165) is 43.9 Å². The number of aromatic nitrogens is 2. The Morgan fingerprint density at radius 3 is 2.53 bits per heavy atom. The van der Waals surface area contributed by atoms with Crippen molar-refractivity contribution in [1.82, 2.24) is 9.97 Å². The smallest absolute Gasteiger partial charge is 0.346 e. The molecule has 0 radical (unpaired) electrons. The second-order valence-corrected chi connectivity index (χ2v) is 7.50. The van der Waals surface area contributed by atoms with Crippen LogP contribution >= 0.6 is 0 Å². The van der Waals surface area contributed by atoms with Crippen LogP contribution in [0.1, 0.15) is 11.1 Å². The number of para-hydroxylation sites is 1. The lowest BCUT2D eigenvalue weighted by molar-refractivity contribution is 0.566. The first-order valence-corrected chi connectivity index (χ1v) is 9.72. The van der Waals surface area contributed by atoms with Crippen LogP contribution in [0.3, 0.4) is 0 Å². The molecule has 0 bridgehead atoms. The van der Waals surface area contributed by atoms with Crippen molar-refractivity contribution in [2.75, 3.05) is 0 Å². The maximum absolute atomic E-state index is 13.2. The van der Waals surface area contributed by atoms with Crippen molar-refractivity contribution in [3.63, 3.8) is 0 Å². The number of rotatable bonds is 1. The minimum atomic E-state index is -0.431. The minimum absolute atomic E-state index is 0.408. The largest absolute Gasteiger partial charge is 0.454 e. The Labute approximate surface area is 170 Å². The van der Waals surface area contributed by atoms with Gasteiger partial charge in [0.2, 0.25) is 0 Å². The molecule has 0 amide bonds. The van der Waals surface area contributed by atoms with Gasteiger partial charge >= 0.3 is 5.63 Å². The van der Waals surface area contributed by atoms with Gasteiger partial charge in [-0.15, -0.1) is 0 Å². The Morgan fingerprint density at radius 1 is 0.833 bits per heavy atom. The molecule has 6 aromatic rings. The van der Waals surface area contributed by atoms with Gasteiger partial charge in [0.1, 0.15) is 16.7 Å². The Morgan fingerprint density at radius 2 is 1.70 bits per heavy atom. The molecule has 0 spiro atoms. The molecule has 0 saturated heterocycles. The Balaban J connectivity index is 1.97. The zero-order chi connectivity index (χ0) is 20.4. The van der Waals surface area contributed by atoms with Crippen LogP contribution in [0, 0.1) is 13.8 Å². The minimum Gasteiger partial charge on any atom is -0.454 e. The first-order chi connectivity index (χ1) is 14.6. The second-order valence-electron chi connectivity index (χ2n) is 7.50. The van der Waals surface area contributed by atoms with Crippen molar-refractivity contribution in [2.24, 2.45) is 0 Å². The molecule has 2 aromatic carbocycles. The van der Waals surface area contributed by atoms with Crippen molar-refractivity contribution in [3.8, 4) is 11.3 Å². The summed E-state index contributed by atoms with van der Waals surface area (Å²) in [5, 5.41) is 2.88. The van der Waals surface area contributed by atoms with Crippen LogP contribution in [-0.2, 0) is 0 Å². The summed E-state index contributed by atoms with van der Waals surface area (Å²) < 4.78 is 12.0. The van der Waals surface area contributed by atoms with Crippen LogP contribution in [0.2, 0.25) is 0 Å². The Hall–Kier alpha value is -3.99. The fourth-order valence-electron chi connectivity index (χ4n) is 4.14. The van der Waals surface area contributed by atoms with Crippen LogP contribution in [0.5, 0.6) is 0 Å². The van der Waals surface area contributed by atoms with E-state index < -0.39 is 5.63 Å². The van der Waals surface area contributed by atoms with Crippen molar-refractivity contribution in [1.29, 1.82) is 0 Å². The van der Waals surface area contributed by atoms with Gasteiger partial charge in [0.15, 0.2) is 5.58 Å². The molecule has 0 unspecified atom stereocenters. The van der Waals surface area contributed by atoms with Crippen LogP contribution < -0.4 is 5.63 Å². The summed E-state index contributed by atoms with van der Waals surface area (Å²) in [6, 6.07) is 15.5. The molecule has 4 heterocycles. The van der Waals surface area contributed by atoms with Crippen LogP contribution in [0.4, 0.5) is 0 Å². The van der Waals surface area contributed by atoms with Crippen molar-refractivity contribution in [3.05, 3.63) is 82.5 Å². The Bertz CT molecular complexity index is 1680. The van der Waals surface area contributed by atoms with Gasteiger partial charge < -0.3 is 8.83 Å². The monoisotopic (exact) mass is 392 g/mol. The molecule has 6 rings (SSSR count). The van der Waals surface area contributed by atoms with Gasteiger partial charge in [-0.1, -0.05) is 24.3 Å².